The topological polar surface area (TPSA) is 89.3 Å². The van der Waals surface area contributed by atoms with E-state index in [9.17, 15) is 4.79 Å². The molecule has 1 fully saturated rings. The lowest BCUT2D eigenvalue weighted by molar-refractivity contribution is 0.155. The van der Waals surface area contributed by atoms with Crippen LogP contribution in [0.4, 0.5) is 10.5 Å². The first kappa shape index (κ1) is 13.2. The van der Waals surface area contributed by atoms with E-state index in [4.69, 9.17) is 10.4 Å². The number of aromatic nitrogens is 1. The van der Waals surface area contributed by atoms with Crippen molar-refractivity contribution in [1.29, 1.82) is 5.26 Å². The zero-order chi connectivity index (χ0) is 14.8. The van der Waals surface area contributed by atoms with Gasteiger partial charge in [0.1, 0.15) is 6.07 Å². The lowest BCUT2D eigenvalue weighted by atomic mass is 10.1. The SMILES string of the molecule is N#Cc1cnc2cccc(N[C@H]3CCN(C(=O)O)C3)c2c1. The molecule has 1 aromatic heterocycles. The highest BCUT2D eigenvalue weighted by molar-refractivity contribution is 5.92. The number of nitrogens with one attached hydrogen (secondary N) is 1. The fourth-order valence-corrected chi connectivity index (χ4v) is 2.61. The highest BCUT2D eigenvalue weighted by atomic mass is 16.4. The van der Waals surface area contributed by atoms with Crippen LogP contribution in [-0.4, -0.2) is 40.2 Å². The van der Waals surface area contributed by atoms with Crippen LogP contribution in [0.25, 0.3) is 10.9 Å². The van der Waals surface area contributed by atoms with Crippen LogP contribution in [0.5, 0.6) is 0 Å². The molecule has 6 nitrogen and oxygen atoms in total. The van der Waals surface area contributed by atoms with Crippen LogP contribution in [-0.2, 0) is 0 Å². The van der Waals surface area contributed by atoms with Gasteiger partial charge in [0.05, 0.1) is 11.1 Å². The number of rotatable bonds is 2. The summed E-state index contributed by atoms with van der Waals surface area (Å²) >= 11 is 0. The molecule has 0 bridgehead atoms. The maximum Gasteiger partial charge on any atom is 0.407 e. The second-order valence-electron chi connectivity index (χ2n) is 5.07. The largest absolute Gasteiger partial charge is 0.465 e. The van der Waals surface area contributed by atoms with E-state index in [1.54, 1.807) is 12.3 Å². The molecule has 0 spiro atoms. The van der Waals surface area contributed by atoms with Gasteiger partial charge in [0.2, 0.25) is 0 Å². The van der Waals surface area contributed by atoms with E-state index in [-0.39, 0.29) is 6.04 Å². The summed E-state index contributed by atoms with van der Waals surface area (Å²) in [6.45, 7) is 1.01. The van der Waals surface area contributed by atoms with Gasteiger partial charge in [-0.2, -0.15) is 5.26 Å². The molecular weight excluding hydrogens is 268 g/mol. The number of fused-ring (bicyclic) bond motifs is 1. The number of anilines is 1. The highest BCUT2D eigenvalue weighted by Gasteiger charge is 2.25. The Balaban J connectivity index is 1.87. The second-order valence-corrected chi connectivity index (χ2v) is 5.07. The van der Waals surface area contributed by atoms with Crippen molar-refractivity contribution in [2.45, 2.75) is 12.5 Å². The molecule has 0 saturated carbocycles. The molecular formula is C15H14N4O2. The van der Waals surface area contributed by atoms with Crippen LogP contribution in [0, 0.1) is 11.3 Å². The predicted octanol–water partition coefficient (Wildman–Crippen LogP) is 2.27. The number of amides is 1. The van der Waals surface area contributed by atoms with E-state index in [0.29, 0.717) is 18.7 Å². The average molecular weight is 282 g/mol. The molecule has 21 heavy (non-hydrogen) atoms. The number of hydrogen-bond acceptors (Lipinski definition) is 4. The quantitative estimate of drug-likeness (QED) is 0.882. The molecule has 2 N–H and O–H groups in total. The van der Waals surface area contributed by atoms with E-state index in [2.05, 4.69) is 16.4 Å². The van der Waals surface area contributed by atoms with Crippen LogP contribution < -0.4 is 5.32 Å². The normalized spacial score (nSPS) is 17.7. The molecule has 0 aliphatic carbocycles. The zero-order valence-corrected chi connectivity index (χ0v) is 11.3. The molecule has 6 heteroatoms. The third-order valence-electron chi connectivity index (χ3n) is 3.67. The Labute approximate surface area is 121 Å². The van der Waals surface area contributed by atoms with Crippen molar-refractivity contribution in [3.63, 3.8) is 0 Å². The van der Waals surface area contributed by atoms with Crippen LogP contribution in [0.15, 0.2) is 30.5 Å². The first-order valence-electron chi connectivity index (χ1n) is 6.70. The highest BCUT2D eigenvalue weighted by Crippen LogP contribution is 2.25. The molecule has 1 saturated heterocycles. The minimum absolute atomic E-state index is 0.0810. The Morgan fingerprint density at radius 3 is 3.10 bits per heavy atom. The molecule has 1 aromatic carbocycles. The lowest BCUT2D eigenvalue weighted by Crippen LogP contribution is -2.30. The summed E-state index contributed by atoms with van der Waals surface area (Å²) in [5.74, 6) is 0. The number of benzene rings is 1. The van der Waals surface area contributed by atoms with Crippen molar-refractivity contribution in [2.24, 2.45) is 0 Å². The molecule has 0 unspecified atom stereocenters. The summed E-state index contributed by atoms with van der Waals surface area (Å²) in [6.07, 6.45) is 1.44. The summed E-state index contributed by atoms with van der Waals surface area (Å²) in [7, 11) is 0. The van der Waals surface area contributed by atoms with Gasteiger partial charge in [0, 0.05) is 36.4 Å². The maximum atomic E-state index is 10.9. The first-order valence-corrected chi connectivity index (χ1v) is 6.70. The number of hydrogen-bond donors (Lipinski definition) is 2. The van der Waals surface area contributed by atoms with E-state index in [1.807, 2.05) is 18.2 Å². The van der Waals surface area contributed by atoms with Crippen molar-refractivity contribution in [1.82, 2.24) is 9.88 Å². The standard InChI is InChI=1S/C15H14N4O2/c16-7-10-6-12-13(17-8-10)2-1-3-14(12)18-11-4-5-19(9-11)15(20)21/h1-3,6,8,11,18H,4-5,9H2,(H,20,21)/t11-/m0/s1. The van der Waals surface area contributed by atoms with Gasteiger partial charge in [-0.25, -0.2) is 4.79 Å². The van der Waals surface area contributed by atoms with Gasteiger partial charge >= 0.3 is 6.09 Å². The number of carbonyl (C=O) groups is 1. The van der Waals surface area contributed by atoms with Gasteiger partial charge in [-0.3, -0.25) is 4.98 Å². The van der Waals surface area contributed by atoms with Crippen molar-refractivity contribution < 1.29 is 9.90 Å². The molecule has 1 aliphatic rings. The Kier molecular flexibility index (Phi) is 3.32. The Morgan fingerprint density at radius 1 is 1.52 bits per heavy atom. The number of nitrogens with zero attached hydrogens (tertiary/aromatic N) is 3. The van der Waals surface area contributed by atoms with E-state index in [1.165, 1.54) is 4.90 Å². The smallest absolute Gasteiger partial charge is 0.407 e. The molecule has 0 radical (unpaired) electrons. The summed E-state index contributed by atoms with van der Waals surface area (Å²) in [5.41, 5.74) is 2.21. The van der Waals surface area contributed by atoms with Crippen LogP contribution in [0.1, 0.15) is 12.0 Å². The molecule has 1 amide bonds. The van der Waals surface area contributed by atoms with Gasteiger partial charge in [0.25, 0.3) is 0 Å². The van der Waals surface area contributed by atoms with E-state index < -0.39 is 6.09 Å². The maximum absolute atomic E-state index is 10.9. The lowest BCUT2D eigenvalue weighted by Gasteiger charge is -2.16. The monoisotopic (exact) mass is 282 g/mol. The Hall–Kier alpha value is -2.81. The second kappa shape index (κ2) is 5.29. The van der Waals surface area contributed by atoms with E-state index in [0.717, 1.165) is 23.0 Å². The molecule has 2 heterocycles. The number of nitriles is 1. The number of carboxylic acid groups (broad SMARTS) is 1. The molecule has 3 rings (SSSR count). The molecule has 1 atom stereocenters. The Bertz CT molecular complexity index is 738. The summed E-state index contributed by atoms with van der Waals surface area (Å²) in [4.78, 5) is 16.6. The van der Waals surface area contributed by atoms with Gasteiger partial charge in [0.15, 0.2) is 0 Å². The summed E-state index contributed by atoms with van der Waals surface area (Å²) in [5, 5.41) is 22.2. The number of pyridine rings is 1. The van der Waals surface area contributed by atoms with Gasteiger partial charge in [-0.05, 0) is 24.6 Å². The van der Waals surface area contributed by atoms with Crippen molar-refractivity contribution in [3.8, 4) is 6.07 Å². The minimum Gasteiger partial charge on any atom is -0.465 e. The van der Waals surface area contributed by atoms with Crippen molar-refractivity contribution >= 4 is 22.7 Å². The van der Waals surface area contributed by atoms with Gasteiger partial charge in [-0.15, -0.1) is 0 Å². The Morgan fingerprint density at radius 2 is 2.38 bits per heavy atom. The van der Waals surface area contributed by atoms with Crippen LogP contribution in [0.2, 0.25) is 0 Å². The average Bonchev–Trinajstić information content (AvgIpc) is 2.96. The fraction of sp³-hybridized carbons (Fsp3) is 0.267. The molecule has 1 aliphatic heterocycles. The minimum atomic E-state index is -0.884. The molecule has 106 valence electrons. The third kappa shape index (κ3) is 2.58. The van der Waals surface area contributed by atoms with Crippen LogP contribution >= 0.6 is 0 Å². The predicted molar refractivity (Wildman–Crippen MR) is 78.1 cm³/mol. The van der Waals surface area contributed by atoms with Gasteiger partial charge < -0.3 is 15.3 Å². The summed E-state index contributed by atoms with van der Waals surface area (Å²) in [6, 6.07) is 9.68. The third-order valence-corrected chi connectivity index (χ3v) is 3.67. The van der Waals surface area contributed by atoms with Crippen molar-refractivity contribution in [3.05, 3.63) is 36.0 Å². The van der Waals surface area contributed by atoms with Gasteiger partial charge in [-0.1, -0.05) is 6.07 Å². The van der Waals surface area contributed by atoms with Crippen molar-refractivity contribution in [2.75, 3.05) is 18.4 Å². The summed E-state index contributed by atoms with van der Waals surface area (Å²) < 4.78 is 0. The fourth-order valence-electron chi connectivity index (χ4n) is 2.61. The van der Waals surface area contributed by atoms with E-state index >= 15 is 0 Å². The number of likely N-dealkylation sites (tertiary alicyclic amines) is 1. The van der Waals surface area contributed by atoms with Crippen LogP contribution in [0.3, 0.4) is 0 Å². The zero-order valence-electron chi connectivity index (χ0n) is 11.3. The first-order chi connectivity index (χ1) is 10.2. The molecule has 2 aromatic rings.